The van der Waals surface area contributed by atoms with Crippen LogP contribution in [0.4, 0.5) is 0 Å². The van der Waals surface area contributed by atoms with Gasteiger partial charge in [0.1, 0.15) is 12.0 Å². The van der Waals surface area contributed by atoms with E-state index in [1.165, 1.54) is 0 Å². The summed E-state index contributed by atoms with van der Waals surface area (Å²) >= 11 is 4.85. The number of rotatable bonds is 8. The van der Waals surface area contributed by atoms with Gasteiger partial charge in [0, 0.05) is 6.89 Å². The van der Waals surface area contributed by atoms with Crippen LogP contribution in [-0.2, 0) is 20.9 Å². The lowest BCUT2D eigenvalue weighted by atomic mass is 9.95. The number of carbonyl (C=O) groups excluding carboxylic acids is 2. The van der Waals surface area contributed by atoms with Crippen LogP contribution in [0.1, 0.15) is 18.9 Å². The molecule has 4 aromatic carbocycles. The van der Waals surface area contributed by atoms with Gasteiger partial charge in [-0.2, -0.15) is 12.6 Å². The maximum atomic E-state index is 14.3. The van der Waals surface area contributed by atoms with Gasteiger partial charge in [-0.15, -0.1) is 0 Å². The van der Waals surface area contributed by atoms with E-state index in [4.69, 9.17) is 17.4 Å². The molecule has 38 heavy (non-hydrogen) atoms. The third-order valence-corrected chi connectivity index (χ3v) is 11.8. The number of β-lactam (4-membered cyclic amide) rings is 1. The van der Waals surface area contributed by atoms with E-state index in [1.54, 1.807) is 4.90 Å². The van der Waals surface area contributed by atoms with E-state index < -0.39 is 18.2 Å². The van der Waals surface area contributed by atoms with Crippen molar-refractivity contribution < 1.29 is 14.3 Å². The lowest BCUT2D eigenvalue weighted by Gasteiger charge is -2.47. The fourth-order valence-corrected chi connectivity index (χ4v) is 10.1. The Balaban J connectivity index is 1.85. The van der Waals surface area contributed by atoms with E-state index in [1.807, 2.05) is 128 Å². The molecular weight excluding hydrogens is 509 g/mol. The number of benzene rings is 4. The van der Waals surface area contributed by atoms with Crippen LogP contribution in [-0.4, -0.2) is 27.6 Å². The van der Waals surface area contributed by atoms with Gasteiger partial charge in [0.25, 0.3) is 0 Å². The van der Waals surface area contributed by atoms with Gasteiger partial charge in [0.2, 0.25) is 5.91 Å². The number of nitrogens with zero attached hydrogens (tertiary/aromatic N) is 1. The van der Waals surface area contributed by atoms with Gasteiger partial charge in [-0.3, -0.25) is 9.69 Å². The van der Waals surface area contributed by atoms with E-state index in [2.05, 4.69) is 0 Å². The number of esters is 1. The minimum atomic E-state index is -2.88. The zero-order chi connectivity index (χ0) is 26.5. The van der Waals surface area contributed by atoms with Crippen LogP contribution in [0.5, 0.6) is 0 Å². The van der Waals surface area contributed by atoms with Crippen molar-refractivity contribution in [2.24, 2.45) is 5.92 Å². The van der Waals surface area contributed by atoms with E-state index in [9.17, 15) is 9.59 Å². The molecule has 1 heterocycles. The second-order valence-electron chi connectivity index (χ2n) is 9.20. The van der Waals surface area contributed by atoms with Crippen LogP contribution >= 0.6 is 19.5 Å². The average molecular weight is 540 g/mol. The highest BCUT2D eigenvalue weighted by molar-refractivity contribution is 7.96. The Morgan fingerprint density at radius 1 is 0.763 bits per heavy atom. The Hall–Kier alpha value is -3.53. The zero-order valence-corrected chi connectivity index (χ0v) is 23.0. The second-order valence-corrected chi connectivity index (χ2v) is 13.0. The van der Waals surface area contributed by atoms with E-state index in [-0.39, 0.29) is 18.4 Å². The number of amides is 1. The maximum absolute atomic E-state index is 14.3. The molecule has 4 aromatic rings. The highest BCUT2D eigenvalue weighted by Gasteiger charge is 2.51. The van der Waals surface area contributed by atoms with Crippen LogP contribution in [0.3, 0.4) is 0 Å². The molecule has 0 bridgehead atoms. The predicted octanol–water partition coefficient (Wildman–Crippen LogP) is 4.98. The first-order chi connectivity index (χ1) is 18.6. The minimum Gasteiger partial charge on any atom is -0.456 e. The summed E-state index contributed by atoms with van der Waals surface area (Å²) in [7, 11) is 0. The van der Waals surface area contributed by atoms with Crippen LogP contribution in [0.25, 0.3) is 0 Å². The van der Waals surface area contributed by atoms with Gasteiger partial charge >= 0.3 is 5.97 Å². The highest BCUT2D eigenvalue weighted by atomic mass is 32.1. The van der Waals surface area contributed by atoms with E-state index in [0.29, 0.717) is 11.8 Å². The van der Waals surface area contributed by atoms with E-state index >= 15 is 0 Å². The normalized spacial score (nSPS) is 17.0. The Labute approximate surface area is 229 Å². The standard InChI is InChI=1S/C32H30NO3PS/c1-2-28-29(34)33(31(28)38)30(32(35)36-23-24-15-7-3-8-16-24)37(25-17-9-4-10-18-25,26-19-11-5-12-20-26)27-21-13-6-14-22-27/h3-22,28,31,38H,2,23H2,1H3/t28-,31+/m0/s1. The molecular formula is C32H30NO3PS. The van der Waals surface area contributed by atoms with Crippen LogP contribution in [0.2, 0.25) is 0 Å². The second kappa shape index (κ2) is 11.5. The Morgan fingerprint density at radius 2 is 1.18 bits per heavy atom. The monoisotopic (exact) mass is 539 g/mol. The molecule has 0 aliphatic carbocycles. The maximum Gasteiger partial charge on any atom is 0.356 e. The number of hydrogen-bond acceptors (Lipinski definition) is 4. The molecule has 4 nitrogen and oxygen atoms in total. The number of hydrogen-bond donors (Lipinski definition) is 1. The molecule has 6 heteroatoms. The fraction of sp³-hybridized carbons (Fsp3) is 0.156. The van der Waals surface area contributed by atoms with Crippen molar-refractivity contribution in [3.8, 4) is 0 Å². The highest BCUT2D eigenvalue weighted by Crippen LogP contribution is 2.49. The predicted molar refractivity (Wildman–Crippen MR) is 160 cm³/mol. The molecule has 2 atom stereocenters. The number of likely N-dealkylation sites (tertiary alicyclic amines) is 1. The van der Waals surface area contributed by atoms with Crippen molar-refractivity contribution in [1.29, 1.82) is 0 Å². The molecule has 0 spiro atoms. The third-order valence-electron chi connectivity index (χ3n) is 6.99. The van der Waals surface area contributed by atoms with Gasteiger partial charge in [-0.05, 0) is 27.9 Å². The molecule has 1 amide bonds. The molecule has 192 valence electrons. The number of thiol groups is 1. The Morgan fingerprint density at radius 3 is 1.58 bits per heavy atom. The molecule has 0 radical (unpaired) electrons. The minimum absolute atomic E-state index is 0.0914. The van der Waals surface area contributed by atoms with Gasteiger partial charge in [-0.25, -0.2) is 4.79 Å². The summed E-state index contributed by atoms with van der Waals surface area (Å²) < 4.78 is 6.01. The molecule has 0 N–H and O–H groups in total. The summed E-state index contributed by atoms with van der Waals surface area (Å²) in [4.78, 5) is 29.6. The number of ether oxygens (including phenoxy) is 1. The van der Waals surface area contributed by atoms with Crippen molar-refractivity contribution in [2.45, 2.75) is 25.3 Å². The first-order valence-electron chi connectivity index (χ1n) is 12.7. The smallest absolute Gasteiger partial charge is 0.356 e. The topological polar surface area (TPSA) is 46.6 Å². The van der Waals surface area contributed by atoms with Gasteiger partial charge in [0.15, 0.2) is 0 Å². The molecule has 0 unspecified atom stereocenters. The van der Waals surface area contributed by atoms with Crippen LogP contribution < -0.4 is 15.9 Å². The lowest BCUT2D eigenvalue weighted by Crippen LogP contribution is -2.63. The van der Waals surface area contributed by atoms with Gasteiger partial charge in [0.05, 0.1) is 11.3 Å². The summed E-state index contributed by atoms with van der Waals surface area (Å²) in [6.07, 6.45) is 0.656. The van der Waals surface area contributed by atoms with Gasteiger partial charge < -0.3 is 4.74 Å². The number of carbonyl (C=O) groups is 2. The average Bonchev–Trinajstić information content (AvgIpc) is 2.98. The summed E-state index contributed by atoms with van der Waals surface area (Å²) in [5.74, 6) is -0.841. The Kier molecular flexibility index (Phi) is 7.87. The molecule has 1 fully saturated rings. The summed E-state index contributed by atoms with van der Waals surface area (Å²) in [6.45, 7) is -0.790. The summed E-state index contributed by atoms with van der Waals surface area (Å²) in [6, 6.07) is 39.7. The first kappa shape index (κ1) is 26.1. The summed E-state index contributed by atoms with van der Waals surface area (Å²) in [5.41, 5.74) is 1.25. The fourth-order valence-electron chi connectivity index (χ4n) is 5.10. The quantitative estimate of drug-likeness (QED) is 0.149. The first-order valence-corrected chi connectivity index (χ1v) is 15.0. The molecule has 0 saturated carbocycles. The molecule has 1 aliphatic rings. The molecule has 1 saturated heterocycles. The van der Waals surface area contributed by atoms with Gasteiger partial charge in [-0.1, -0.05) is 128 Å². The van der Waals surface area contributed by atoms with Crippen molar-refractivity contribution in [3.63, 3.8) is 0 Å². The largest absolute Gasteiger partial charge is 0.456 e. The van der Waals surface area contributed by atoms with Crippen LogP contribution in [0.15, 0.2) is 121 Å². The van der Waals surface area contributed by atoms with Crippen LogP contribution in [0, 0.1) is 5.92 Å². The molecule has 5 rings (SSSR count). The molecule has 0 aromatic heterocycles. The lowest BCUT2D eigenvalue weighted by molar-refractivity contribution is -0.147. The van der Waals surface area contributed by atoms with E-state index in [0.717, 1.165) is 21.5 Å². The molecule has 1 aliphatic heterocycles. The van der Waals surface area contributed by atoms with Crippen molar-refractivity contribution in [2.75, 3.05) is 0 Å². The summed E-state index contributed by atoms with van der Waals surface area (Å²) in [5, 5.41) is 2.49. The van der Waals surface area contributed by atoms with Crippen molar-refractivity contribution in [3.05, 3.63) is 127 Å². The Bertz CT molecular complexity index is 1360. The third kappa shape index (κ3) is 4.62. The van der Waals surface area contributed by atoms with Crippen molar-refractivity contribution in [1.82, 2.24) is 4.90 Å². The van der Waals surface area contributed by atoms with Crippen molar-refractivity contribution >= 4 is 52.7 Å². The SMILES string of the molecule is CC[C@H]1C(=O)N(C(C(=O)OCc2ccccc2)=P(c2ccccc2)(c2ccccc2)c2ccccc2)[C@@H]1S. The zero-order valence-electron chi connectivity index (χ0n) is 21.2.